The van der Waals surface area contributed by atoms with Gasteiger partial charge < -0.3 is 5.73 Å². The highest BCUT2D eigenvalue weighted by Crippen LogP contribution is 2.08. The first-order chi connectivity index (χ1) is 6.11. The van der Waals surface area contributed by atoms with Gasteiger partial charge in [-0.25, -0.2) is 4.39 Å². The second kappa shape index (κ2) is 5.30. The van der Waals surface area contributed by atoms with Gasteiger partial charge in [0.25, 0.3) is 5.91 Å². The van der Waals surface area contributed by atoms with Crippen molar-refractivity contribution in [3.8, 4) is 0 Å². The molecule has 3 heteroatoms. The summed E-state index contributed by atoms with van der Waals surface area (Å²) in [5.74, 6) is -1.30. The lowest BCUT2D eigenvalue weighted by Crippen LogP contribution is -2.13. The number of benzene rings is 1. The summed E-state index contributed by atoms with van der Waals surface area (Å²) in [5.41, 5.74) is 5.67. The number of nitrogens with two attached hydrogens (primary N) is 1. The van der Waals surface area contributed by atoms with E-state index in [4.69, 9.17) is 5.73 Å². The maximum absolute atomic E-state index is 12.7. The molecule has 1 amide bonds. The van der Waals surface area contributed by atoms with Crippen molar-refractivity contribution in [3.05, 3.63) is 35.1 Å². The second-order valence-corrected chi connectivity index (χ2v) is 2.35. The van der Waals surface area contributed by atoms with Crippen LogP contribution in [0.1, 0.15) is 29.8 Å². The number of primary amides is 1. The molecule has 13 heavy (non-hydrogen) atoms. The molecule has 0 unspecified atom stereocenters. The highest BCUT2D eigenvalue weighted by atomic mass is 19.1. The molecule has 0 fully saturated rings. The van der Waals surface area contributed by atoms with Crippen molar-refractivity contribution in [1.82, 2.24) is 0 Å². The maximum Gasteiger partial charge on any atom is 0.251 e. The third-order valence-electron chi connectivity index (χ3n) is 1.39. The molecule has 72 valence electrons. The fraction of sp³-hybridized carbons (Fsp3) is 0.300. The first-order valence-electron chi connectivity index (χ1n) is 4.17. The van der Waals surface area contributed by atoms with E-state index in [1.807, 2.05) is 13.8 Å². The standard InChI is InChI=1S/C8H8FNO.C2H6/c1-5-2-3-7(9)6(4-5)8(10)11;1-2/h2-4H,1H3,(H2,10,11);1-2H3. The summed E-state index contributed by atoms with van der Waals surface area (Å²) >= 11 is 0. The quantitative estimate of drug-likeness (QED) is 0.713. The summed E-state index contributed by atoms with van der Waals surface area (Å²) in [6, 6.07) is 4.24. The minimum atomic E-state index is -0.730. The van der Waals surface area contributed by atoms with Crippen LogP contribution in [0.4, 0.5) is 4.39 Å². The molecule has 1 aromatic carbocycles. The van der Waals surface area contributed by atoms with E-state index in [2.05, 4.69) is 0 Å². The van der Waals surface area contributed by atoms with Crippen molar-refractivity contribution >= 4 is 5.91 Å². The number of rotatable bonds is 1. The highest BCUT2D eigenvalue weighted by molar-refractivity contribution is 5.93. The number of carbonyl (C=O) groups is 1. The van der Waals surface area contributed by atoms with Crippen molar-refractivity contribution in [2.45, 2.75) is 20.8 Å². The van der Waals surface area contributed by atoms with Crippen molar-refractivity contribution < 1.29 is 9.18 Å². The lowest BCUT2D eigenvalue weighted by molar-refractivity contribution is 0.0996. The molecule has 0 radical (unpaired) electrons. The predicted molar refractivity (Wildman–Crippen MR) is 51.0 cm³/mol. The van der Waals surface area contributed by atoms with E-state index in [1.165, 1.54) is 12.1 Å². The third-order valence-corrected chi connectivity index (χ3v) is 1.39. The van der Waals surface area contributed by atoms with E-state index in [9.17, 15) is 9.18 Å². The Kier molecular flexibility index (Phi) is 4.74. The Labute approximate surface area is 77.6 Å². The van der Waals surface area contributed by atoms with Crippen LogP contribution in [0.2, 0.25) is 0 Å². The molecule has 0 spiro atoms. The molecule has 0 aliphatic rings. The van der Waals surface area contributed by atoms with Crippen LogP contribution < -0.4 is 5.73 Å². The van der Waals surface area contributed by atoms with Gasteiger partial charge in [-0.1, -0.05) is 25.5 Å². The van der Waals surface area contributed by atoms with Crippen molar-refractivity contribution in [2.24, 2.45) is 5.73 Å². The fourth-order valence-corrected chi connectivity index (χ4v) is 0.828. The number of halogens is 1. The third kappa shape index (κ3) is 3.23. The van der Waals surface area contributed by atoms with Gasteiger partial charge in [0.2, 0.25) is 0 Å². The van der Waals surface area contributed by atoms with E-state index in [0.29, 0.717) is 0 Å². The SMILES string of the molecule is CC.Cc1ccc(F)c(C(N)=O)c1. The van der Waals surface area contributed by atoms with Gasteiger partial charge in [0, 0.05) is 0 Å². The summed E-state index contributed by atoms with van der Waals surface area (Å²) in [7, 11) is 0. The molecular weight excluding hydrogens is 169 g/mol. The largest absolute Gasteiger partial charge is 0.366 e. The first-order valence-corrected chi connectivity index (χ1v) is 4.17. The van der Waals surface area contributed by atoms with Gasteiger partial charge in [-0.2, -0.15) is 0 Å². The fourth-order valence-electron chi connectivity index (χ4n) is 0.828. The van der Waals surface area contributed by atoms with Gasteiger partial charge in [0.05, 0.1) is 5.56 Å². The average Bonchev–Trinajstić information content (AvgIpc) is 2.12. The zero-order chi connectivity index (χ0) is 10.4. The zero-order valence-corrected chi connectivity index (χ0v) is 8.10. The van der Waals surface area contributed by atoms with Crippen LogP contribution in [0, 0.1) is 12.7 Å². The van der Waals surface area contributed by atoms with Crippen molar-refractivity contribution in [1.29, 1.82) is 0 Å². The number of aryl methyl sites for hydroxylation is 1. The molecule has 2 nitrogen and oxygen atoms in total. The number of carbonyl (C=O) groups excluding carboxylic acids is 1. The summed E-state index contributed by atoms with van der Waals surface area (Å²) in [6.07, 6.45) is 0. The Balaban J connectivity index is 0.000000671. The highest BCUT2D eigenvalue weighted by Gasteiger charge is 2.06. The van der Waals surface area contributed by atoms with Crippen LogP contribution >= 0.6 is 0 Å². The Morgan fingerprint density at radius 3 is 2.31 bits per heavy atom. The van der Waals surface area contributed by atoms with Crippen LogP contribution in [0.3, 0.4) is 0 Å². The molecule has 2 N–H and O–H groups in total. The second-order valence-electron chi connectivity index (χ2n) is 2.35. The summed E-state index contributed by atoms with van der Waals surface area (Å²) in [6.45, 7) is 5.77. The van der Waals surface area contributed by atoms with Gasteiger partial charge in [-0.05, 0) is 19.1 Å². The predicted octanol–water partition coefficient (Wildman–Crippen LogP) is 2.26. The molecule has 0 aromatic heterocycles. The van der Waals surface area contributed by atoms with Crippen LogP contribution in [-0.2, 0) is 0 Å². The average molecular weight is 183 g/mol. The summed E-state index contributed by atoms with van der Waals surface area (Å²) < 4.78 is 12.7. The van der Waals surface area contributed by atoms with Gasteiger partial charge in [-0.15, -0.1) is 0 Å². The molecule has 0 aliphatic heterocycles. The Morgan fingerprint density at radius 1 is 1.38 bits per heavy atom. The van der Waals surface area contributed by atoms with Gasteiger partial charge in [0.1, 0.15) is 5.82 Å². The van der Waals surface area contributed by atoms with E-state index in [1.54, 1.807) is 13.0 Å². The normalized spacial score (nSPS) is 8.62. The van der Waals surface area contributed by atoms with Crippen LogP contribution in [0.15, 0.2) is 18.2 Å². The first kappa shape index (κ1) is 11.6. The minimum Gasteiger partial charge on any atom is -0.366 e. The van der Waals surface area contributed by atoms with Gasteiger partial charge in [0.15, 0.2) is 0 Å². The van der Waals surface area contributed by atoms with E-state index >= 15 is 0 Å². The van der Waals surface area contributed by atoms with Gasteiger partial charge >= 0.3 is 0 Å². The molecule has 0 aliphatic carbocycles. The Hall–Kier alpha value is -1.38. The lowest BCUT2D eigenvalue weighted by Gasteiger charge is -1.98. The summed E-state index contributed by atoms with van der Waals surface area (Å²) in [5, 5.41) is 0. The van der Waals surface area contributed by atoms with Crippen molar-refractivity contribution in [2.75, 3.05) is 0 Å². The van der Waals surface area contributed by atoms with Crippen LogP contribution in [0.5, 0.6) is 0 Å². The van der Waals surface area contributed by atoms with Crippen molar-refractivity contribution in [3.63, 3.8) is 0 Å². The monoisotopic (exact) mass is 183 g/mol. The lowest BCUT2D eigenvalue weighted by atomic mass is 10.1. The molecule has 1 rings (SSSR count). The maximum atomic E-state index is 12.7. The zero-order valence-electron chi connectivity index (χ0n) is 8.10. The topological polar surface area (TPSA) is 43.1 Å². The van der Waals surface area contributed by atoms with Crippen LogP contribution in [0.25, 0.3) is 0 Å². The molecule has 0 bridgehead atoms. The molecular formula is C10H14FNO. The van der Waals surface area contributed by atoms with Gasteiger partial charge in [-0.3, -0.25) is 4.79 Å². The van der Waals surface area contributed by atoms with E-state index in [0.717, 1.165) is 5.56 Å². The summed E-state index contributed by atoms with van der Waals surface area (Å²) in [4.78, 5) is 10.6. The molecule has 1 aromatic rings. The number of amides is 1. The molecule has 0 saturated carbocycles. The molecule has 0 heterocycles. The number of hydrogen-bond acceptors (Lipinski definition) is 1. The minimum absolute atomic E-state index is 0.0509. The Bertz CT molecular complexity index is 297. The number of hydrogen-bond donors (Lipinski definition) is 1. The van der Waals surface area contributed by atoms with E-state index in [-0.39, 0.29) is 5.56 Å². The molecule has 0 atom stereocenters. The van der Waals surface area contributed by atoms with Crippen LogP contribution in [-0.4, -0.2) is 5.91 Å². The van der Waals surface area contributed by atoms with E-state index < -0.39 is 11.7 Å². The molecule has 0 saturated heterocycles. The Morgan fingerprint density at radius 2 is 1.92 bits per heavy atom. The smallest absolute Gasteiger partial charge is 0.251 e.